The quantitative estimate of drug-likeness (QED) is 0.528. The third kappa shape index (κ3) is 4.56. The first-order valence-corrected chi connectivity index (χ1v) is 10.7. The van der Waals surface area contributed by atoms with Gasteiger partial charge in [0.1, 0.15) is 12.7 Å². The molecule has 1 aliphatic rings. The normalized spacial score (nSPS) is 16.3. The zero-order valence-electron chi connectivity index (χ0n) is 18.6. The lowest BCUT2D eigenvalue weighted by molar-refractivity contribution is -0.0411. The largest absolute Gasteiger partial charge is 0.485 e. The van der Waals surface area contributed by atoms with Crippen LogP contribution in [0.2, 0.25) is 0 Å². The van der Waals surface area contributed by atoms with Crippen molar-refractivity contribution in [3.05, 3.63) is 58.5 Å². The summed E-state index contributed by atoms with van der Waals surface area (Å²) in [6, 6.07) is 3.75. The Balaban J connectivity index is 1.45. The number of nitrogens with zero attached hydrogens (tertiary/aromatic N) is 4. The molecule has 0 bridgehead atoms. The highest BCUT2D eigenvalue weighted by Crippen LogP contribution is 2.25. The van der Waals surface area contributed by atoms with Crippen LogP contribution in [0.3, 0.4) is 0 Å². The molecule has 1 saturated heterocycles. The molecular weight excluding hydrogens is 434 g/mol. The highest BCUT2D eigenvalue weighted by atomic mass is 19.1. The lowest BCUT2D eigenvalue weighted by Crippen LogP contribution is -2.48. The SMILES string of the molecule is CCC(=O)c1cc(F)c(OCC2CN(C(=O)c3cnc4cc(C)nn4c3C)CCO2)c(F)c1. The van der Waals surface area contributed by atoms with E-state index in [2.05, 4.69) is 10.1 Å². The molecule has 0 spiro atoms. The van der Waals surface area contributed by atoms with Gasteiger partial charge in [-0.25, -0.2) is 18.3 Å². The van der Waals surface area contributed by atoms with Gasteiger partial charge in [-0.1, -0.05) is 6.92 Å². The fourth-order valence-corrected chi connectivity index (χ4v) is 3.79. The fourth-order valence-electron chi connectivity index (χ4n) is 3.79. The lowest BCUT2D eigenvalue weighted by atomic mass is 10.1. The molecule has 174 valence electrons. The van der Waals surface area contributed by atoms with Crippen molar-refractivity contribution in [1.82, 2.24) is 19.5 Å². The second-order valence-corrected chi connectivity index (χ2v) is 7.91. The van der Waals surface area contributed by atoms with E-state index in [0.29, 0.717) is 23.4 Å². The predicted octanol–water partition coefficient (Wildman–Crippen LogP) is 3.14. The Bertz CT molecular complexity index is 1200. The van der Waals surface area contributed by atoms with E-state index in [1.54, 1.807) is 23.3 Å². The Hall–Kier alpha value is -3.40. The van der Waals surface area contributed by atoms with Crippen molar-refractivity contribution in [1.29, 1.82) is 0 Å². The Morgan fingerprint density at radius 1 is 1.21 bits per heavy atom. The molecule has 1 amide bonds. The van der Waals surface area contributed by atoms with Gasteiger partial charge in [0.15, 0.2) is 28.8 Å². The molecule has 0 radical (unpaired) electrons. The highest BCUT2D eigenvalue weighted by Gasteiger charge is 2.28. The topological polar surface area (TPSA) is 86.0 Å². The molecule has 3 aromatic rings. The van der Waals surface area contributed by atoms with Crippen LogP contribution in [0.25, 0.3) is 5.65 Å². The average molecular weight is 458 g/mol. The highest BCUT2D eigenvalue weighted by molar-refractivity contribution is 5.96. The van der Waals surface area contributed by atoms with Crippen LogP contribution in [0.15, 0.2) is 24.4 Å². The maximum Gasteiger partial charge on any atom is 0.257 e. The van der Waals surface area contributed by atoms with E-state index in [4.69, 9.17) is 9.47 Å². The molecule has 0 saturated carbocycles. The maximum atomic E-state index is 14.3. The van der Waals surface area contributed by atoms with Gasteiger partial charge in [0.05, 0.1) is 30.1 Å². The number of rotatable bonds is 6. The van der Waals surface area contributed by atoms with E-state index in [0.717, 1.165) is 17.8 Å². The van der Waals surface area contributed by atoms with Crippen LogP contribution in [0, 0.1) is 25.5 Å². The number of halogens is 2. The predicted molar refractivity (Wildman–Crippen MR) is 115 cm³/mol. The van der Waals surface area contributed by atoms with Crippen molar-refractivity contribution >= 4 is 17.3 Å². The number of ketones is 1. The molecule has 3 heterocycles. The first-order valence-electron chi connectivity index (χ1n) is 10.7. The summed E-state index contributed by atoms with van der Waals surface area (Å²) in [6.07, 6.45) is 1.09. The van der Waals surface area contributed by atoms with Gasteiger partial charge in [-0.2, -0.15) is 5.10 Å². The number of aromatic nitrogens is 3. The van der Waals surface area contributed by atoms with Gasteiger partial charge in [0.2, 0.25) is 0 Å². The van der Waals surface area contributed by atoms with Crippen molar-refractivity contribution < 1.29 is 27.8 Å². The molecule has 0 aliphatic carbocycles. The fraction of sp³-hybridized carbons (Fsp3) is 0.391. The second kappa shape index (κ2) is 9.22. The number of Topliss-reactive ketones (excluding diaryl/α,β-unsaturated/α-hetero) is 1. The summed E-state index contributed by atoms with van der Waals surface area (Å²) in [5, 5.41) is 4.36. The van der Waals surface area contributed by atoms with Gasteiger partial charge in [-0.15, -0.1) is 0 Å². The van der Waals surface area contributed by atoms with Crippen LogP contribution in [0.5, 0.6) is 5.75 Å². The first-order chi connectivity index (χ1) is 15.8. The lowest BCUT2D eigenvalue weighted by Gasteiger charge is -2.33. The Kier molecular flexibility index (Phi) is 6.37. The zero-order chi connectivity index (χ0) is 23.7. The summed E-state index contributed by atoms with van der Waals surface area (Å²) in [5.74, 6) is -3.09. The average Bonchev–Trinajstić information content (AvgIpc) is 3.19. The molecule has 1 fully saturated rings. The number of carbonyl (C=O) groups is 2. The molecule has 1 atom stereocenters. The van der Waals surface area contributed by atoms with Crippen LogP contribution >= 0.6 is 0 Å². The van der Waals surface area contributed by atoms with Crippen molar-refractivity contribution in [3.8, 4) is 5.75 Å². The maximum absolute atomic E-state index is 14.3. The van der Waals surface area contributed by atoms with Gasteiger partial charge < -0.3 is 14.4 Å². The van der Waals surface area contributed by atoms with Crippen LogP contribution < -0.4 is 4.74 Å². The minimum Gasteiger partial charge on any atom is -0.485 e. The molecule has 4 rings (SSSR count). The molecule has 0 N–H and O–H groups in total. The molecular formula is C23H24F2N4O4. The second-order valence-electron chi connectivity index (χ2n) is 7.91. The number of ether oxygens (including phenoxy) is 2. The van der Waals surface area contributed by atoms with E-state index < -0.39 is 23.5 Å². The molecule has 33 heavy (non-hydrogen) atoms. The molecule has 8 nitrogen and oxygen atoms in total. The standard InChI is InChI=1S/C23H24F2N4O4/c1-4-20(30)15-8-18(24)22(19(25)9-15)33-12-16-11-28(5-6-32-16)23(31)17-10-26-21-7-13(2)27-29(21)14(17)3/h7-10,16H,4-6,11-12H2,1-3H3. The summed E-state index contributed by atoms with van der Waals surface area (Å²) in [4.78, 5) is 30.7. The van der Waals surface area contributed by atoms with Gasteiger partial charge in [-0.3, -0.25) is 9.59 Å². The van der Waals surface area contributed by atoms with Gasteiger partial charge >= 0.3 is 0 Å². The van der Waals surface area contributed by atoms with Gasteiger partial charge in [0, 0.05) is 30.8 Å². The molecule has 1 aromatic carbocycles. The van der Waals surface area contributed by atoms with Crippen molar-refractivity contribution in [3.63, 3.8) is 0 Å². The van der Waals surface area contributed by atoms with E-state index in [1.807, 2.05) is 13.0 Å². The number of carbonyl (C=O) groups excluding carboxylic acids is 2. The van der Waals surface area contributed by atoms with Crippen molar-refractivity contribution in [2.75, 3.05) is 26.3 Å². The number of morpholine rings is 1. The monoisotopic (exact) mass is 458 g/mol. The van der Waals surface area contributed by atoms with E-state index in [1.165, 1.54) is 6.20 Å². The van der Waals surface area contributed by atoms with E-state index in [-0.39, 0.29) is 43.4 Å². The summed E-state index contributed by atoms with van der Waals surface area (Å²) in [7, 11) is 0. The number of hydrogen-bond donors (Lipinski definition) is 0. The first kappa shape index (κ1) is 22.8. The summed E-state index contributed by atoms with van der Waals surface area (Å²) < 4.78 is 41.2. The van der Waals surface area contributed by atoms with Crippen molar-refractivity contribution in [2.45, 2.75) is 33.3 Å². The summed E-state index contributed by atoms with van der Waals surface area (Å²) in [5.41, 5.74) is 2.50. The zero-order valence-corrected chi connectivity index (χ0v) is 18.6. The summed E-state index contributed by atoms with van der Waals surface area (Å²) in [6.45, 7) is 5.90. The third-order valence-corrected chi connectivity index (χ3v) is 5.56. The van der Waals surface area contributed by atoms with Gasteiger partial charge in [0.25, 0.3) is 5.91 Å². The number of amides is 1. The molecule has 10 heteroatoms. The Morgan fingerprint density at radius 3 is 2.64 bits per heavy atom. The molecule has 2 aromatic heterocycles. The van der Waals surface area contributed by atoms with Crippen LogP contribution in [-0.4, -0.2) is 63.6 Å². The summed E-state index contributed by atoms with van der Waals surface area (Å²) >= 11 is 0. The number of fused-ring (bicyclic) bond motifs is 1. The molecule has 1 aliphatic heterocycles. The number of benzene rings is 1. The Morgan fingerprint density at radius 2 is 1.94 bits per heavy atom. The van der Waals surface area contributed by atoms with Gasteiger partial charge in [-0.05, 0) is 26.0 Å². The van der Waals surface area contributed by atoms with Crippen molar-refractivity contribution in [2.24, 2.45) is 0 Å². The van der Waals surface area contributed by atoms with Crippen LogP contribution in [0.4, 0.5) is 8.78 Å². The van der Waals surface area contributed by atoms with Crippen LogP contribution in [-0.2, 0) is 4.74 Å². The minimum atomic E-state index is -0.958. The Labute approximate surface area is 189 Å². The number of aryl methyl sites for hydroxylation is 2. The third-order valence-electron chi connectivity index (χ3n) is 5.56. The smallest absolute Gasteiger partial charge is 0.257 e. The van der Waals surface area contributed by atoms with E-state index in [9.17, 15) is 18.4 Å². The minimum absolute atomic E-state index is 0.0427. The number of hydrogen-bond acceptors (Lipinski definition) is 6. The van der Waals surface area contributed by atoms with Crippen LogP contribution in [0.1, 0.15) is 45.4 Å². The molecule has 1 unspecified atom stereocenters. The van der Waals surface area contributed by atoms with E-state index >= 15 is 0 Å².